The number of anilines is 1. The van der Waals surface area contributed by atoms with Gasteiger partial charge >= 0.3 is 0 Å². The Morgan fingerprint density at radius 3 is 2.45 bits per heavy atom. The molecule has 2 aromatic rings. The molecular weight excluding hydrogens is 400 g/mol. The van der Waals surface area contributed by atoms with Crippen molar-refractivity contribution < 1.29 is 28.9 Å². The van der Waals surface area contributed by atoms with Crippen LogP contribution >= 0.6 is 11.6 Å². The summed E-state index contributed by atoms with van der Waals surface area (Å²) in [5.74, 6) is -1.27. The summed E-state index contributed by atoms with van der Waals surface area (Å²) in [7, 11) is 2.87. The van der Waals surface area contributed by atoms with Crippen molar-refractivity contribution in [2.24, 2.45) is 0 Å². The van der Waals surface area contributed by atoms with Gasteiger partial charge in [-0.25, -0.2) is 0 Å². The molecule has 8 nitrogen and oxygen atoms in total. The molecule has 0 aliphatic heterocycles. The summed E-state index contributed by atoms with van der Waals surface area (Å²) in [6.07, 6.45) is 1.32. The number of halogens is 1. The first-order chi connectivity index (χ1) is 13.9. The number of nitriles is 1. The van der Waals surface area contributed by atoms with Gasteiger partial charge in [-0.15, -0.1) is 0 Å². The Hall–Kier alpha value is -3.70. The summed E-state index contributed by atoms with van der Waals surface area (Å²) in [4.78, 5) is 23.0. The zero-order chi connectivity index (χ0) is 21.4. The van der Waals surface area contributed by atoms with Crippen LogP contribution in [-0.4, -0.2) is 32.7 Å². The van der Waals surface area contributed by atoms with E-state index in [1.165, 1.54) is 32.4 Å². The van der Waals surface area contributed by atoms with Crippen LogP contribution in [0.4, 0.5) is 5.69 Å². The van der Waals surface area contributed by atoms with E-state index in [0.717, 1.165) is 0 Å². The molecule has 0 aromatic heterocycles. The van der Waals surface area contributed by atoms with Crippen molar-refractivity contribution in [1.82, 2.24) is 0 Å². The third-order valence-corrected chi connectivity index (χ3v) is 3.89. The Morgan fingerprint density at radius 2 is 1.90 bits per heavy atom. The zero-order valence-electron chi connectivity index (χ0n) is 15.5. The second-order valence-corrected chi connectivity index (χ2v) is 5.95. The number of amides is 1. The SMILES string of the molecule is COc1ccc(NC(=O)/C(C#N)=C\c2cc(Cl)c(OCC(=O)[O-])c(OC)c2)cc1. The van der Waals surface area contributed by atoms with Gasteiger partial charge in [-0.05, 0) is 48.0 Å². The molecule has 0 atom stereocenters. The van der Waals surface area contributed by atoms with E-state index < -0.39 is 18.5 Å². The van der Waals surface area contributed by atoms with E-state index in [-0.39, 0.29) is 22.1 Å². The van der Waals surface area contributed by atoms with Gasteiger partial charge in [0.1, 0.15) is 24.0 Å². The number of methoxy groups -OCH3 is 2. The highest BCUT2D eigenvalue weighted by Crippen LogP contribution is 2.37. The number of carboxylic acid groups (broad SMARTS) is 1. The first-order valence-corrected chi connectivity index (χ1v) is 8.53. The third kappa shape index (κ3) is 5.89. The first kappa shape index (κ1) is 21.6. The van der Waals surface area contributed by atoms with Crippen LogP contribution in [0.3, 0.4) is 0 Å². The summed E-state index contributed by atoms with van der Waals surface area (Å²) < 4.78 is 15.3. The molecule has 1 N–H and O–H groups in total. The molecular formula is C20H16ClN2O6-. The summed E-state index contributed by atoms with van der Waals surface area (Å²) in [5.41, 5.74) is 0.690. The molecule has 150 valence electrons. The van der Waals surface area contributed by atoms with Gasteiger partial charge in [-0.2, -0.15) is 5.26 Å². The van der Waals surface area contributed by atoms with Crippen LogP contribution in [0, 0.1) is 11.3 Å². The van der Waals surface area contributed by atoms with Crippen molar-refractivity contribution in [3.05, 3.63) is 52.6 Å². The average molecular weight is 416 g/mol. The zero-order valence-corrected chi connectivity index (χ0v) is 16.3. The molecule has 29 heavy (non-hydrogen) atoms. The van der Waals surface area contributed by atoms with Crippen molar-refractivity contribution in [2.45, 2.75) is 0 Å². The lowest BCUT2D eigenvalue weighted by Crippen LogP contribution is -2.29. The summed E-state index contributed by atoms with van der Waals surface area (Å²) in [6, 6.07) is 11.3. The molecule has 0 radical (unpaired) electrons. The Bertz CT molecular complexity index is 980. The first-order valence-electron chi connectivity index (χ1n) is 8.15. The molecule has 2 aromatic carbocycles. The Balaban J connectivity index is 2.26. The number of hydrogen-bond acceptors (Lipinski definition) is 7. The molecule has 0 aliphatic carbocycles. The third-order valence-electron chi connectivity index (χ3n) is 3.61. The molecule has 1 amide bonds. The highest BCUT2D eigenvalue weighted by atomic mass is 35.5. The highest BCUT2D eigenvalue weighted by molar-refractivity contribution is 6.32. The predicted octanol–water partition coefficient (Wildman–Crippen LogP) is 2.03. The van der Waals surface area contributed by atoms with Gasteiger partial charge in [0.2, 0.25) is 0 Å². The van der Waals surface area contributed by atoms with Crippen LogP contribution in [0.5, 0.6) is 17.2 Å². The van der Waals surface area contributed by atoms with Crippen LogP contribution in [0.15, 0.2) is 42.0 Å². The molecule has 0 aliphatic rings. The largest absolute Gasteiger partial charge is 0.546 e. The van der Waals surface area contributed by atoms with Crippen LogP contribution in [0.1, 0.15) is 5.56 Å². The van der Waals surface area contributed by atoms with Crippen LogP contribution in [0.2, 0.25) is 5.02 Å². The average Bonchev–Trinajstić information content (AvgIpc) is 2.71. The van der Waals surface area contributed by atoms with Gasteiger partial charge in [0, 0.05) is 5.69 Å². The minimum absolute atomic E-state index is 0.0108. The molecule has 0 saturated carbocycles. The van der Waals surface area contributed by atoms with Crippen molar-refractivity contribution in [2.75, 3.05) is 26.1 Å². The van der Waals surface area contributed by atoms with E-state index in [9.17, 15) is 20.0 Å². The Kier molecular flexibility index (Phi) is 7.46. The van der Waals surface area contributed by atoms with Crippen LogP contribution in [0.25, 0.3) is 6.08 Å². The summed E-state index contributed by atoms with van der Waals surface area (Å²) in [6.45, 7) is -0.709. The minimum Gasteiger partial charge on any atom is -0.546 e. The van der Waals surface area contributed by atoms with Gasteiger partial charge in [0.15, 0.2) is 11.5 Å². The fourth-order valence-electron chi connectivity index (χ4n) is 2.28. The molecule has 0 heterocycles. The molecule has 0 fully saturated rings. The van der Waals surface area contributed by atoms with Gasteiger partial charge < -0.3 is 29.4 Å². The maximum absolute atomic E-state index is 12.4. The number of benzene rings is 2. The maximum atomic E-state index is 12.4. The van der Waals surface area contributed by atoms with Gasteiger partial charge in [0.25, 0.3) is 5.91 Å². The predicted molar refractivity (Wildman–Crippen MR) is 104 cm³/mol. The number of nitrogens with one attached hydrogen (secondary N) is 1. The van der Waals surface area contributed by atoms with Crippen molar-refractivity contribution in [1.29, 1.82) is 5.26 Å². The number of ether oxygens (including phenoxy) is 3. The van der Waals surface area contributed by atoms with Gasteiger partial charge in [-0.3, -0.25) is 4.79 Å². The van der Waals surface area contributed by atoms with Gasteiger partial charge in [0.05, 0.1) is 25.2 Å². The van der Waals surface area contributed by atoms with E-state index in [0.29, 0.717) is 17.0 Å². The lowest BCUT2D eigenvalue weighted by molar-refractivity contribution is -0.307. The lowest BCUT2D eigenvalue weighted by atomic mass is 10.1. The normalized spacial score (nSPS) is 10.6. The highest BCUT2D eigenvalue weighted by Gasteiger charge is 2.14. The number of carbonyl (C=O) groups is 2. The van der Waals surface area contributed by atoms with E-state index >= 15 is 0 Å². The van der Waals surface area contributed by atoms with Crippen molar-refractivity contribution >= 4 is 35.2 Å². The smallest absolute Gasteiger partial charge is 0.266 e. The second kappa shape index (κ2) is 10.0. The fourth-order valence-corrected chi connectivity index (χ4v) is 2.56. The molecule has 0 saturated heterocycles. The number of nitrogens with zero attached hydrogens (tertiary/aromatic N) is 1. The van der Waals surface area contributed by atoms with E-state index in [1.807, 2.05) is 6.07 Å². The molecule has 0 bridgehead atoms. The molecule has 2 rings (SSSR count). The molecule has 9 heteroatoms. The number of aliphatic carboxylic acids is 1. The van der Waals surface area contributed by atoms with Crippen molar-refractivity contribution in [3.8, 4) is 23.3 Å². The number of carbonyl (C=O) groups excluding carboxylic acids is 2. The lowest BCUT2D eigenvalue weighted by Gasteiger charge is -2.13. The minimum atomic E-state index is -1.42. The second-order valence-electron chi connectivity index (χ2n) is 5.55. The topological polar surface area (TPSA) is 121 Å². The fraction of sp³-hybridized carbons (Fsp3) is 0.150. The van der Waals surface area contributed by atoms with Crippen molar-refractivity contribution in [3.63, 3.8) is 0 Å². The van der Waals surface area contributed by atoms with Crippen LogP contribution < -0.4 is 24.6 Å². The number of carboxylic acids is 1. The quantitative estimate of drug-likeness (QED) is 0.517. The monoisotopic (exact) mass is 415 g/mol. The van der Waals surface area contributed by atoms with E-state index in [1.54, 1.807) is 24.3 Å². The molecule has 0 spiro atoms. The maximum Gasteiger partial charge on any atom is 0.266 e. The number of rotatable bonds is 8. The van der Waals surface area contributed by atoms with E-state index in [4.69, 9.17) is 25.8 Å². The van der Waals surface area contributed by atoms with Gasteiger partial charge in [-0.1, -0.05) is 11.6 Å². The summed E-state index contributed by atoms with van der Waals surface area (Å²) in [5, 5.41) is 22.6. The molecule has 0 unspecified atom stereocenters. The standard InChI is InChI=1S/C20H17ClN2O6/c1-27-15-5-3-14(4-6-15)23-20(26)13(10-22)7-12-8-16(21)19(17(9-12)28-2)29-11-18(24)25/h3-9H,11H2,1-2H3,(H,23,26)(H,24,25)/p-1/b13-7-. The Morgan fingerprint density at radius 1 is 1.21 bits per heavy atom. The van der Waals surface area contributed by atoms with E-state index in [2.05, 4.69) is 5.32 Å². The Labute approximate surface area is 171 Å². The van der Waals surface area contributed by atoms with Crippen LogP contribution in [-0.2, 0) is 9.59 Å². The number of hydrogen-bond donors (Lipinski definition) is 1. The summed E-state index contributed by atoms with van der Waals surface area (Å²) >= 11 is 6.12.